The molecule has 158 valence electrons. The monoisotopic (exact) mass is 426 g/mol. The molecule has 0 bridgehead atoms. The Hall–Kier alpha value is -2.73. The lowest BCUT2D eigenvalue weighted by Crippen LogP contribution is -2.49. The summed E-state index contributed by atoms with van der Waals surface area (Å²) in [6, 6.07) is 15.8. The zero-order valence-corrected chi connectivity index (χ0v) is 17.9. The Morgan fingerprint density at radius 2 is 1.80 bits per heavy atom. The first-order valence-electron chi connectivity index (χ1n) is 10.4. The van der Waals surface area contributed by atoms with Crippen molar-refractivity contribution in [3.8, 4) is 0 Å². The van der Waals surface area contributed by atoms with Gasteiger partial charge in [-0.3, -0.25) is 0 Å². The maximum Gasteiger partial charge on any atom is 0.321 e. The summed E-state index contributed by atoms with van der Waals surface area (Å²) in [5, 5.41) is 3.56. The van der Waals surface area contributed by atoms with Gasteiger partial charge in [0.1, 0.15) is 0 Å². The van der Waals surface area contributed by atoms with Crippen LogP contribution in [0.3, 0.4) is 0 Å². The highest BCUT2D eigenvalue weighted by atomic mass is 35.5. The van der Waals surface area contributed by atoms with Gasteiger partial charge in [0, 0.05) is 49.5 Å². The fraction of sp³-hybridized carbons (Fsp3) is 0.391. The highest BCUT2D eigenvalue weighted by molar-refractivity contribution is 6.31. The number of nitrogens with one attached hydrogen (secondary N) is 1. The summed E-state index contributed by atoms with van der Waals surface area (Å²) in [6.45, 7) is 5.36. The maximum absolute atomic E-state index is 12.9. The van der Waals surface area contributed by atoms with Crippen molar-refractivity contribution in [2.75, 3.05) is 31.5 Å². The van der Waals surface area contributed by atoms with Crippen LogP contribution in [0.25, 0.3) is 0 Å². The van der Waals surface area contributed by atoms with E-state index in [9.17, 15) is 9.59 Å². The van der Waals surface area contributed by atoms with Gasteiger partial charge in [0.25, 0.3) is 0 Å². The third kappa shape index (κ3) is 4.54. The molecule has 4 rings (SSSR count). The first kappa shape index (κ1) is 20.5. The SMILES string of the molecule is Cc1ccc(NC(=O)N2CCC(N3CCN(Cc4ccccc4)C3=O)CC2)cc1Cl. The molecule has 2 aliphatic rings. The van der Waals surface area contributed by atoms with Crippen LogP contribution in [0.4, 0.5) is 15.3 Å². The molecule has 4 amide bonds. The number of nitrogens with zero attached hydrogens (tertiary/aromatic N) is 3. The lowest BCUT2D eigenvalue weighted by Gasteiger charge is -2.36. The smallest absolute Gasteiger partial charge is 0.321 e. The number of hydrogen-bond donors (Lipinski definition) is 1. The quantitative estimate of drug-likeness (QED) is 0.777. The number of likely N-dealkylation sites (tertiary alicyclic amines) is 1. The highest BCUT2D eigenvalue weighted by Crippen LogP contribution is 2.24. The molecular weight excluding hydrogens is 400 g/mol. The van der Waals surface area contributed by atoms with Crippen LogP contribution in [0.5, 0.6) is 0 Å². The number of aryl methyl sites for hydroxylation is 1. The van der Waals surface area contributed by atoms with Crippen molar-refractivity contribution in [1.82, 2.24) is 14.7 Å². The standard InChI is InChI=1S/C23H27ClN4O2/c1-17-7-8-19(15-21(17)24)25-22(29)26-11-9-20(10-12-26)28-14-13-27(23(28)30)16-18-5-3-2-4-6-18/h2-8,15,20H,9-14,16H2,1H3,(H,25,29). The molecule has 7 heteroatoms. The number of halogens is 1. The first-order valence-corrected chi connectivity index (χ1v) is 10.8. The molecule has 2 aromatic rings. The lowest BCUT2D eigenvalue weighted by molar-refractivity contribution is 0.139. The minimum atomic E-state index is -0.119. The van der Waals surface area contributed by atoms with Gasteiger partial charge in [-0.2, -0.15) is 0 Å². The fourth-order valence-corrected chi connectivity index (χ4v) is 4.32. The van der Waals surface area contributed by atoms with Gasteiger partial charge in [-0.1, -0.05) is 48.0 Å². The van der Waals surface area contributed by atoms with E-state index >= 15 is 0 Å². The molecule has 1 N–H and O–H groups in total. The van der Waals surface area contributed by atoms with Gasteiger partial charge in [-0.25, -0.2) is 9.59 Å². The molecule has 0 saturated carbocycles. The minimum Gasteiger partial charge on any atom is -0.324 e. The van der Waals surface area contributed by atoms with Gasteiger partial charge in [0.2, 0.25) is 0 Å². The number of anilines is 1. The van der Waals surface area contributed by atoms with Crippen molar-refractivity contribution in [3.05, 3.63) is 64.7 Å². The molecule has 30 heavy (non-hydrogen) atoms. The molecule has 2 saturated heterocycles. The van der Waals surface area contributed by atoms with E-state index in [1.165, 1.54) is 0 Å². The number of rotatable bonds is 4. The van der Waals surface area contributed by atoms with E-state index in [2.05, 4.69) is 5.32 Å². The van der Waals surface area contributed by atoms with E-state index in [0.29, 0.717) is 30.3 Å². The van der Waals surface area contributed by atoms with Crippen LogP contribution >= 0.6 is 11.6 Å². The summed E-state index contributed by atoms with van der Waals surface area (Å²) in [5.74, 6) is 0. The molecule has 2 fully saturated rings. The van der Waals surface area contributed by atoms with E-state index in [0.717, 1.165) is 37.1 Å². The van der Waals surface area contributed by atoms with Crippen molar-refractivity contribution in [1.29, 1.82) is 0 Å². The number of carbonyl (C=O) groups is 2. The van der Waals surface area contributed by atoms with Crippen molar-refractivity contribution in [3.63, 3.8) is 0 Å². The predicted octanol–water partition coefficient (Wildman–Crippen LogP) is 4.58. The van der Waals surface area contributed by atoms with Crippen LogP contribution in [0.2, 0.25) is 5.02 Å². The lowest BCUT2D eigenvalue weighted by atomic mass is 10.0. The summed E-state index contributed by atoms with van der Waals surface area (Å²) in [4.78, 5) is 31.2. The van der Waals surface area contributed by atoms with E-state index in [-0.39, 0.29) is 18.1 Å². The second-order valence-corrected chi connectivity index (χ2v) is 8.40. The van der Waals surface area contributed by atoms with Gasteiger partial charge < -0.3 is 20.0 Å². The molecule has 0 radical (unpaired) electrons. The molecule has 0 unspecified atom stereocenters. The van der Waals surface area contributed by atoms with Gasteiger partial charge in [-0.05, 0) is 43.0 Å². The Morgan fingerprint density at radius 3 is 2.50 bits per heavy atom. The van der Waals surface area contributed by atoms with E-state index in [4.69, 9.17) is 11.6 Å². The molecular formula is C23H27ClN4O2. The number of carbonyl (C=O) groups excluding carboxylic acids is 2. The van der Waals surface area contributed by atoms with Crippen LogP contribution in [-0.2, 0) is 6.54 Å². The molecule has 2 aromatic carbocycles. The molecule has 0 atom stereocenters. The average Bonchev–Trinajstić information content (AvgIpc) is 3.12. The topological polar surface area (TPSA) is 55.9 Å². The number of amides is 4. The van der Waals surface area contributed by atoms with E-state index < -0.39 is 0 Å². The van der Waals surface area contributed by atoms with Crippen LogP contribution in [0.15, 0.2) is 48.5 Å². The highest BCUT2D eigenvalue weighted by Gasteiger charge is 2.35. The maximum atomic E-state index is 12.9. The zero-order chi connectivity index (χ0) is 21.1. The van der Waals surface area contributed by atoms with Crippen molar-refractivity contribution < 1.29 is 9.59 Å². The molecule has 0 spiro atoms. The Labute approximate surface area is 182 Å². The molecule has 2 aliphatic heterocycles. The van der Waals surface area contributed by atoms with Crippen molar-refractivity contribution in [2.24, 2.45) is 0 Å². The first-order chi connectivity index (χ1) is 14.5. The molecule has 6 nitrogen and oxygen atoms in total. The Morgan fingerprint density at radius 1 is 1.07 bits per heavy atom. The summed E-state index contributed by atoms with van der Waals surface area (Å²) in [5.41, 5.74) is 2.83. The molecule has 2 heterocycles. The van der Waals surface area contributed by atoms with Crippen molar-refractivity contribution in [2.45, 2.75) is 32.4 Å². The van der Waals surface area contributed by atoms with E-state index in [1.54, 1.807) is 6.07 Å². The van der Waals surface area contributed by atoms with Gasteiger partial charge in [0.15, 0.2) is 0 Å². The third-order valence-corrected chi connectivity index (χ3v) is 6.37. The van der Waals surface area contributed by atoms with Gasteiger partial charge >= 0.3 is 12.1 Å². The fourth-order valence-electron chi connectivity index (χ4n) is 4.14. The van der Waals surface area contributed by atoms with Gasteiger partial charge in [0.05, 0.1) is 0 Å². The Kier molecular flexibility index (Phi) is 6.13. The zero-order valence-electron chi connectivity index (χ0n) is 17.2. The second-order valence-electron chi connectivity index (χ2n) is 8.00. The Bertz CT molecular complexity index is 913. The number of benzene rings is 2. The summed E-state index contributed by atoms with van der Waals surface area (Å²) >= 11 is 6.15. The summed E-state index contributed by atoms with van der Waals surface area (Å²) in [6.07, 6.45) is 1.60. The number of urea groups is 2. The second kappa shape index (κ2) is 8.96. The average molecular weight is 427 g/mol. The molecule has 0 aliphatic carbocycles. The number of hydrogen-bond acceptors (Lipinski definition) is 2. The van der Waals surface area contributed by atoms with Gasteiger partial charge in [-0.15, -0.1) is 0 Å². The minimum absolute atomic E-state index is 0.107. The van der Waals surface area contributed by atoms with Crippen LogP contribution in [0, 0.1) is 6.92 Å². The molecule has 0 aromatic heterocycles. The van der Waals surface area contributed by atoms with Crippen LogP contribution in [0.1, 0.15) is 24.0 Å². The number of piperidine rings is 1. The summed E-state index contributed by atoms with van der Waals surface area (Å²) in [7, 11) is 0. The normalized spacial score (nSPS) is 17.5. The largest absolute Gasteiger partial charge is 0.324 e. The predicted molar refractivity (Wildman–Crippen MR) is 119 cm³/mol. The summed E-state index contributed by atoms with van der Waals surface area (Å²) < 4.78 is 0. The Balaban J connectivity index is 1.28. The van der Waals surface area contributed by atoms with E-state index in [1.807, 2.05) is 64.1 Å². The van der Waals surface area contributed by atoms with Crippen LogP contribution in [-0.4, -0.2) is 59.0 Å². The van der Waals surface area contributed by atoms with Crippen molar-refractivity contribution >= 4 is 29.4 Å². The van der Waals surface area contributed by atoms with Crippen LogP contribution < -0.4 is 5.32 Å². The third-order valence-electron chi connectivity index (χ3n) is 5.96.